The van der Waals surface area contributed by atoms with Gasteiger partial charge in [0, 0.05) is 31.0 Å². The summed E-state index contributed by atoms with van der Waals surface area (Å²) >= 11 is 0. The van der Waals surface area contributed by atoms with Crippen molar-refractivity contribution >= 4 is 11.3 Å². The number of nitrogens with zero attached hydrogens (tertiary/aromatic N) is 4. The number of halogens is 1. The highest BCUT2D eigenvalue weighted by molar-refractivity contribution is 5.75. The normalized spacial score (nSPS) is 15.1. The molecule has 2 aromatic heterocycles. The smallest absolute Gasteiger partial charge is 0.154 e. The Labute approximate surface area is 169 Å². The summed E-state index contributed by atoms with van der Waals surface area (Å²) in [5.41, 5.74) is 4.15. The first-order valence-corrected chi connectivity index (χ1v) is 10.2. The van der Waals surface area contributed by atoms with Crippen molar-refractivity contribution in [3.05, 3.63) is 84.4 Å². The zero-order valence-electron chi connectivity index (χ0n) is 16.2. The van der Waals surface area contributed by atoms with Gasteiger partial charge in [0.2, 0.25) is 0 Å². The average molecular weight is 386 g/mol. The lowest BCUT2D eigenvalue weighted by Crippen LogP contribution is -2.35. The molecule has 146 valence electrons. The number of hydrogen-bond acceptors (Lipinski definition) is 3. The standard InChI is InChI=1S/C24H23FN4/c25-21-8-6-20(7-9-21)22-17-23-24(26-12-15-29(23)27-22)28-13-10-19(11-14-28)16-18-4-2-1-3-5-18/h1-9,12,15,17,19H,10-11,13-14,16H2. The molecule has 4 nitrogen and oxygen atoms in total. The van der Waals surface area contributed by atoms with Crippen molar-refractivity contribution in [2.75, 3.05) is 18.0 Å². The molecule has 0 aliphatic carbocycles. The van der Waals surface area contributed by atoms with Crippen LogP contribution in [0.4, 0.5) is 10.2 Å². The van der Waals surface area contributed by atoms with E-state index in [-0.39, 0.29) is 5.82 Å². The number of piperidine rings is 1. The topological polar surface area (TPSA) is 33.4 Å². The molecule has 4 aromatic rings. The maximum atomic E-state index is 13.2. The minimum Gasteiger partial charge on any atom is -0.355 e. The molecule has 5 heteroatoms. The second-order valence-electron chi connectivity index (χ2n) is 7.74. The predicted octanol–water partition coefficient (Wildman–Crippen LogP) is 4.99. The van der Waals surface area contributed by atoms with Crippen LogP contribution in [0.1, 0.15) is 18.4 Å². The molecule has 2 aromatic carbocycles. The maximum absolute atomic E-state index is 13.2. The van der Waals surface area contributed by atoms with Crippen LogP contribution in [0.25, 0.3) is 16.8 Å². The maximum Gasteiger partial charge on any atom is 0.154 e. The van der Waals surface area contributed by atoms with Crippen molar-refractivity contribution in [3.8, 4) is 11.3 Å². The van der Waals surface area contributed by atoms with Gasteiger partial charge in [0.1, 0.15) is 11.3 Å². The van der Waals surface area contributed by atoms with Gasteiger partial charge in [-0.15, -0.1) is 0 Å². The van der Waals surface area contributed by atoms with Gasteiger partial charge in [-0.05, 0) is 61.1 Å². The van der Waals surface area contributed by atoms with Crippen molar-refractivity contribution < 1.29 is 4.39 Å². The molecule has 29 heavy (non-hydrogen) atoms. The largest absolute Gasteiger partial charge is 0.355 e. The molecule has 0 spiro atoms. The molecule has 1 fully saturated rings. The number of anilines is 1. The van der Waals surface area contributed by atoms with E-state index in [1.165, 1.54) is 17.7 Å². The van der Waals surface area contributed by atoms with E-state index in [0.717, 1.165) is 54.9 Å². The van der Waals surface area contributed by atoms with E-state index in [4.69, 9.17) is 0 Å². The third kappa shape index (κ3) is 3.73. The molecule has 1 aliphatic heterocycles. The third-order valence-electron chi connectivity index (χ3n) is 5.79. The lowest BCUT2D eigenvalue weighted by molar-refractivity contribution is 0.402. The summed E-state index contributed by atoms with van der Waals surface area (Å²) in [6.45, 7) is 2.00. The predicted molar refractivity (Wildman–Crippen MR) is 113 cm³/mol. The fraction of sp³-hybridized carbons (Fsp3) is 0.250. The zero-order valence-corrected chi connectivity index (χ0v) is 16.2. The summed E-state index contributed by atoms with van der Waals surface area (Å²) in [4.78, 5) is 7.03. The number of fused-ring (bicyclic) bond motifs is 1. The Kier molecular flexibility index (Phi) is 4.72. The van der Waals surface area contributed by atoms with E-state index in [9.17, 15) is 4.39 Å². The van der Waals surface area contributed by atoms with Gasteiger partial charge in [0.25, 0.3) is 0 Å². The summed E-state index contributed by atoms with van der Waals surface area (Å²) in [7, 11) is 0. The Bertz CT molecular complexity index is 1100. The summed E-state index contributed by atoms with van der Waals surface area (Å²) < 4.78 is 15.1. The van der Waals surface area contributed by atoms with E-state index in [0.29, 0.717) is 5.92 Å². The third-order valence-corrected chi connectivity index (χ3v) is 5.79. The second kappa shape index (κ2) is 7.66. The number of aromatic nitrogens is 3. The average Bonchev–Trinajstić information content (AvgIpc) is 3.20. The molecule has 0 bridgehead atoms. The van der Waals surface area contributed by atoms with Crippen LogP contribution in [-0.4, -0.2) is 27.7 Å². The van der Waals surface area contributed by atoms with E-state index in [1.807, 2.05) is 16.8 Å². The summed E-state index contributed by atoms with van der Waals surface area (Å²) in [6, 6.07) is 19.3. The summed E-state index contributed by atoms with van der Waals surface area (Å²) in [6.07, 6.45) is 7.15. The molecule has 0 radical (unpaired) electrons. The first-order chi connectivity index (χ1) is 14.3. The number of benzene rings is 2. The van der Waals surface area contributed by atoms with E-state index in [1.54, 1.807) is 18.3 Å². The highest BCUT2D eigenvalue weighted by Gasteiger charge is 2.22. The Hall–Kier alpha value is -3.21. The highest BCUT2D eigenvalue weighted by atomic mass is 19.1. The molecule has 0 N–H and O–H groups in total. The molecule has 1 saturated heterocycles. The van der Waals surface area contributed by atoms with Crippen LogP contribution in [0, 0.1) is 11.7 Å². The van der Waals surface area contributed by atoms with Crippen molar-refractivity contribution in [2.45, 2.75) is 19.3 Å². The van der Waals surface area contributed by atoms with Crippen LogP contribution in [0.2, 0.25) is 0 Å². The number of hydrogen-bond donors (Lipinski definition) is 0. The van der Waals surface area contributed by atoms with Crippen LogP contribution >= 0.6 is 0 Å². The van der Waals surface area contributed by atoms with Gasteiger partial charge in [-0.25, -0.2) is 13.9 Å². The molecule has 3 heterocycles. The molecular weight excluding hydrogens is 363 g/mol. The molecule has 5 rings (SSSR count). The van der Waals surface area contributed by atoms with Gasteiger partial charge in [0.05, 0.1) is 5.69 Å². The van der Waals surface area contributed by atoms with E-state index >= 15 is 0 Å². The fourth-order valence-electron chi connectivity index (χ4n) is 4.21. The van der Waals surface area contributed by atoms with Crippen molar-refractivity contribution in [2.24, 2.45) is 5.92 Å². The zero-order chi connectivity index (χ0) is 19.6. The van der Waals surface area contributed by atoms with E-state index < -0.39 is 0 Å². The molecule has 0 atom stereocenters. The van der Waals surface area contributed by atoms with E-state index in [2.05, 4.69) is 45.3 Å². The van der Waals surface area contributed by atoms with Gasteiger partial charge in [0.15, 0.2) is 5.82 Å². The van der Waals surface area contributed by atoms with Gasteiger partial charge in [-0.2, -0.15) is 5.10 Å². The Morgan fingerprint density at radius 1 is 0.966 bits per heavy atom. The Morgan fingerprint density at radius 3 is 2.48 bits per heavy atom. The second-order valence-corrected chi connectivity index (χ2v) is 7.74. The quantitative estimate of drug-likeness (QED) is 0.495. The molecular formula is C24H23FN4. The van der Waals surface area contributed by atoms with Gasteiger partial charge < -0.3 is 4.90 Å². The number of rotatable bonds is 4. The Morgan fingerprint density at radius 2 is 1.72 bits per heavy atom. The van der Waals surface area contributed by atoms with Gasteiger partial charge >= 0.3 is 0 Å². The van der Waals surface area contributed by atoms with Crippen LogP contribution in [0.3, 0.4) is 0 Å². The highest BCUT2D eigenvalue weighted by Crippen LogP contribution is 2.29. The SMILES string of the molecule is Fc1ccc(-c2cc3c(N4CCC(Cc5ccccc5)CC4)nccn3n2)cc1. The molecule has 1 aliphatic rings. The molecule has 0 amide bonds. The van der Waals surface area contributed by atoms with Crippen molar-refractivity contribution in [1.82, 2.24) is 14.6 Å². The first-order valence-electron chi connectivity index (χ1n) is 10.2. The summed E-state index contributed by atoms with van der Waals surface area (Å²) in [5.74, 6) is 1.46. The van der Waals surface area contributed by atoms with Crippen molar-refractivity contribution in [1.29, 1.82) is 0 Å². The Balaban J connectivity index is 1.35. The van der Waals surface area contributed by atoms with Gasteiger partial charge in [-0.1, -0.05) is 30.3 Å². The lowest BCUT2D eigenvalue weighted by Gasteiger charge is -2.33. The molecule has 0 unspecified atom stereocenters. The van der Waals surface area contributed by atoms with Crippen LogP contribution < -0.4 is 4.90 Å². The van der Waals surface area contributed by atoms with Gasteiger partial charge in [-0.3, -0.25) is 0 Å². The monoisotopic (exact) mass is 386 g/mol. The minimum atomic E-state index is -0.238. The van der Waals surface area contributed by atoms with Crippen LogP contribution in [0.5, 0.6) is 0 Å². The lowest BCUT2D eigenvalue weighted by atomic mass is 9.90. The van der Waals surface area contributed by atoms with Crippen molar-refractivity contribution in [3.63, 3.8) is 0 Å². The minimum absolute atomic E-state index is 0.238. The van der Waals surface area contributed by atoms with Crippen LogP contribution in [-0.2, 0) is 6.42 Å². The fourth-order valence-corrected chi connectivity index (χ4v) is 4.21. The first kappa shape index (κ1) is 17.9. The van der Waals surface area contributed by atoms with Crippen LogP contribution in [0.15, 0.2) is 73.1 Å². The molecule has 0 saturated carbocycles. The summed E-state index contributed by atoms with van der Waals surface area (Å²) in [5, 5.41) is 4.67.